The van der Waals surface area contributed by atoms with Crippen molar-refractivity contribution in [2.45, 2.75) is 86.8 Å². The molecule has 3 saturated heterocycles. The lowest BCUT2D eigenvalue weighted by Crippen LogP contribution is -2.61. The van der Waals surface area contributed by atoms with Crippen molar-refractivity contribution in [1.82, 2.24) is 9.80 Å². The number of aliphatic hydroxyl groups excluding tert-OH is 1. The third-order valence-electron chi connectivity index (χ3n) is 7.26. The number of halogens is 1. The van der Waals surface area contributed by atoms with Crippen LogP contribution >= 0.6 is 27.7 Å². The molecule has 33 heavy (non-hydrogen) atoms. The number of aliphatic carboxylic acids is 1. The van der Waals surface area contributed by atoms with Crippen molar-refractivity contribution in [1.29, 1.82) is 0 Å². The lowest BCUT2D eigenvalue weighted by atomic mass is 9.70. The van der Waals surface area contributed by atoms with Gasteiger partial charge in [0.05, 0.1) is 29.2 Å². The number of carbonyl (C=O) groups is 3. The van der Waals surface area contributed by atoms with Crippen molar-refractivity contribution in [3.63, 3.8) is 0 Å². The number of aliphatic hydroxyl groups is 1. The third-order valence-corrected chi connectivity index (χ3v) is 10.5. The molecule has 0 aliphatic carbocycles. The van der Waals surface area contributed by atoms with E-state index in [-0.39, 0.29) is 33.9 Å². The molecule has 0 aromatic heterocycles. The van der Waals surface area contributed by atoms with E-state index in [1.165, 1.54) is 16.7 Å². The first-order chi connectivity index (χ1) is 15.1. The number of rotatable bonds is 8. The number of amides is 2. The summed E-state index contributed by atoms with van der Waals surface area (Å²) in [4.78, 5) is 43.5. The Hall–Kier alpha value is -1.06. The highest BCUT2D eigenvalue weighted by Gasteiger charge is 2.76. The summed E-state index contributed by atoms with van der Waals surface area (Å²) in [6.07, 6.45) is 2.97. The van der Waals surface area contributed by atoms with Gasteiger partial charge in [0.15, 0.2) is 0 Å². The van der Waals surface area contributed by atoms with E-state index in [0.717, 1.165) is 6.42 Å². The number of likely N-dealkylation sites (tertiary alicyclic amines) is 1. The van der Waals surface area contributed by atoms with Crippen molar-refractivity contribution in [3.05, 3.63) is 12.7 Å². The van der Waals surface area contributed by atoms with E-state index in [1.807, 2.05) is 13.8 Å². The molecule has 2 amide bonds. The van der Waals surface area contributed by atoms with Gasteiger partial charge in [-0.25, -0.2) is 0 Å². The number of hydrogen-bond donors (Lipinski definition) is 2. The molecule has 186 valence electrons. The quantitative estimate of drug-likeness (QED) is 0.359. The van der Waals surface area contributed by atoms with Crippen LogP contribution in [0.4, 0.5) is 0 Å². The van der Waals surface area contributed by atoms with Crippen LogP contribution in [0.15, 0.2) is 12.7 Å². The summed E-state index contributed by atoms with van der Waals surface area (Å²) in [5.74, 6) is -3.17. The Balaban J connectivity index is 2.13. The van der Waals surface area contributed by atoms with Crippen LogP contribution in [-0.4, -0.2) is 83.4 Å². The molecule has 3 fully saturated rings. The van der Waals surface area contributed by atoms with E-state index >= 15 is 0 Å². The highest BCUT2D eigenvalue weighted by Crippen LogP contribution is 2.68. The normalized spacial score (nSPS) is 34.4. The summed E-state index contributed by atoms with van der Waals surface area (Å²) in [7, 11) is 0. The molecule has 7 atom stereocenters. The molecule has 3 heterocycles. The van der Waals surface area contributed by atoms with Crippen LogP contribution in [0.3, 0.4) is 0 Å². The molecular weight excluding hydrogens is 508 g/mol. The van der Waals surface area contributed by atoms with Crippen LogP contribution in [0.5, 0.6) is 0 Å². The van der Waals surface area contributed by atoms with Gasteiger partial charge in [-0.15, -0.1) is 18.3 Å². The van der Waals surface area contributed by atoms with Crippen molar-refractivity contribution < 1.29 is 24.6 Å². The maximum Gasteiger partial charge on any atom is 0.308 e. The van der Waals surface area contributed by atoms with Gasteiger partial charge in [-0.1, -0.05) is 42.8 Å². The minimum absolute atomic E-state index is 0.0382. The van der Waals surface area contributed by atoms with Crippen LogP contribution in [0.25, 0.3) is 0 Å². The first-order valence-corrected chi connectivity index (χ1v) is 13.3. The van der Waals surface area contributed by atoms with Crippen LogP contribution in [0, 0.1) is 17.3 Å². The predicted octanol–water partition coefficient (Wildman–Crippen LogP) is 3.15. The number of carbonyl (C=O) groups excluding carboxylic acids is 2. The molecular formula is C24H37BrN2O5S. The van der Waals surface area contributed by atoms with Crippen molar-refractivity contribution in [3.8, 4) is 0 Å². The molecule has 3 aliphatic rings. The van der Waals surface area contributed by atoms with Gasteiger partial charge in [-0.05, 0) is 39.0 Å². The van der Waals surface area contributed by atoms with E-state index in [4.69, 9.17) is 0 Å². The summed E-state index contributed by atoms with van der Waals surface area (Å²) in [5, 5.41) is 19.7. The number of carboxylic acid groups (broad SMARTS) is 1. The zero-order chi connectivity index (χ0) is 25.1. The van der Waals surface area contributed by atoms with Crippen LogP contribution in [0.2, 0.25) is 0 Å². The fourth-order valence-corrected chi connectivity index (χ4v) is 10.1. The molecule has 3 unspecified atom stereocenters. The van der Waals surface area contributed by atoms with E-state index in [9.17, 15) is 24.6 Å². The molecule has 0 aromatic rings. The minimum atomic E-state index is -1.00. The van der Waals surface area contributed by atoms with E-state index in [1.54, 1.807) is 17.9 Å². The molecule has 9 heteroatoms. The number of nitrogens with zero attached hydrogens (tertiary/aromatic N) is 2. The smallest absolute Gasteiger partial charge is 0.308 e. The standard InChI is InChI=1S/C24H37BrN2O5S/c1-8-9-26(23(6,7)12-22(3,4)5)20(30)18-24-10-14(25)17(33-24)15(21(31)32)16(24)19(29)27(18)13(2)11-28/h8,13-18,28H,1,9-12H2,2-7H3,(H,31,32)/t13-,14?,15-,16+,17-,18?,24?/m1/s1. The molecule has 7 nitrogen and oxygen atoms in total. The number of thioether (sulfide) groups is 1. The van der Waals surface area contributed by atoms with Crippen molar-refractivity contribution in [2.24, 2.45) is 17.3 Å². The Kier molecular flexibility index (Phi) is 7.13. The van der Waals surface area contributed by atoms with E-state index < -0.39 is 40.2 Å². The van der Waals surface area contributed by atoms with Gasteiger partial charge < -0.3 is 20.0 Å². The van der Waals surface area contributed by atoms with Gasteiger partial charge in [0.1, 0.15) is 6.04 Å². The van der Waals surface area contributed by atoms with Gasteiger partial charge >= 0.3 is 5.97 Å². The summed E-state index contributed by atoms with van der Waals surface area (Å²) >= 11 is 5.13. The first kappa shape index (κ1) is 26.5. The van der Waals surface area contributed by atoms with E-state index in [2.05, 4.69) is 43.3 Å². The second-order valence-electron chi connectivity index (χ2n) is 11.6. The number of alkyl halides is 1. The highest BCUT2D eigenvalue weighted by atomic mass is 79.9. The topological polar surface area (TPSA) is 98.2 Å². The first-order valence-electron chi connectivity index (χ1n) is 11.5. The largest absolute Gasteiger partial charge is 0.481 e. The SMILES string of the molecule is C=CCN(C(=O)C1N([C@H](C)CO)C(=O)[C@@H]2[C@@H](C(=O)O)[C@@H]3SC12CC3Br)C(C)(C)CC(C)(C)C. The van der Waals surface area contributed by atoms with Gasteiger partial charge in [0, 0.05) is 22.2 Å². The number of hydrogen-bond acceptors (Lipinski definition) is 5. The van der Waals surface area contributed by atoms with Crippen LogP contribution in [-0.2, 0) is 14.4 Å². The molecule has 3 aliphatic heterocycles. The summed E-state index contributed by atoms with van der Waals surface area (Å²) in [6, 6.07) is -1.43. The summed E-state index contributed by atoms with van der Waals surface area (Å²) in [6.45, 7) is 16.0. The second kappa shape index (κ2) is 8.86. The van der Waals surface area contributed by atoms with Gasteiger partial charge in [0.25, 0.3) is 0 Å². The summed E-state index contributed by atoms with van der Waals surface area (Å²) in [5.41, 5.74) is -0.555. The maximum atomic E-state index is 14.4. The third kappa shape index (κ3) is 4.27. The monoisotopic (exact) mass is 544 g/mol. The van der Waals surface area contributed by atoms with Gasteiger partial charge in [-0.3, -0.25) is 14.4 Å². The lowest BCUT2D eigenvalue weighted by Gasteiger charge is -2.46. The minimum Gasteiger partial charge on any atom is -0.481 e. The molecule has 2 bridgehead atoms. The Morgan fingerprint density at radius 3 is 2.45 bits per heavy atom. The molecule has 0 saturated carbocycles. The van der Waals surface area contributed by atoms with Gasteiger partial charge in [-0.2, -0.15) is 0 Å². The maximum absolute atomic E-state index is 14.4. The molecule has 0 radical (unpaired) electrons. The zero-order valence-corrected chi connectivity index (χ0v) is 22.8. The predicted molar refractivity (Wildman–Crippen MR) is 133 cm³/mol. The molecule has 3 rings (SSSR count). The average Bonchev–Trinajstić information content (AvgIpc) is 3.26. The second-order valence-corrected chi connectivity index (χ2v) is 14.3. The Morgan fingerprint density at radius 2 is 1.97 bits per heavy atom. The fourth-order valence-electron chi connectivity index (χ4n) is 6.50. The molecule has 0 aromatic carbocycles. The fraction of sp³-hybridized carbons (Fsp3) is 0.792. The van der Waals surface area contributed by atoms with E-state index in [0.29, 0.717) is 13.0 Å². The molecule has 2 N–H and O–H groups in total. The zero-order valence-electron chi connectivity index (χ0n) is 20.4. The molecule has 1 spiro atoms. The summed E-state index contributed by atoms with van der Waals surface area (Å²) < 4.78 is -0.837. The van der Waals surface area contributed by atoms with Crippen molar-refractivity contribution >= 4 is 45.5 Å². The van der Waals surface area contributed by atoms with Crippen LogP contribution < -0.4 is 0 Å². The van der Waals surface area contributed by atoms with Crippen molar-refractivity contribution in [2.75, 3.05) is 13.2 Å². The van der Waals surface area contributed by atoms with Gasteiger partial charge in [0.2, 0.25) is 11.8 Å². The highest BCUT2D eigenvalue weighted by molar-refractivity contribution is 9.09. The average molecular weight is 546 g/mol. The number of fused-ring (bicyclic) bond motifs is 1. The Labute approximate surface area is 209 Å². The Morgan fingerprint density at radius 1 is 1.36 bits per heavy atom. The lowest BCUT2D eigenvalue weighted by molar-refractivity contribution is -0.150. The van der Waals surface area contributed by atoms with Crippen LogP contribution in [0.1, 0.15) is 54.4 Å². The Bertz CT molecular complexity index is 843. The number of carboxylic acids is 1.